The van der Waals surface area contributed by atoms with Gasteiger partial charge in [0.25, 0.3) is 0 Å². The van der Waals surface area contributed by atoms with Crippen LogP contribution in [-0.2, 0) is 6.54 Å². The third kappa shape index (κ3) is 2.94. The zero-order valence-corrected chi connectivity index (χ0v) is 13.5. The van der Waals surface area contributed by atoms with Crippen molar-refractivity contribution in [1.82, 2.24) is 15.2 Å². The molecule has 2 bridgehead atoms. The van der Waals surface area contributed by atoms with E-state index in [2.05, 4.69) is 70.7 Å². The van der Waals surface area contributed by atoms with Crippen molar-refractivity contribution < 1.29 is 0 Å². The summed E-state index contributed by atoms with van der Waals surface area (Å²) in [6.07, 6.45) is 6.12. The summed E-state index contributed by atoms with van der Waals surface area (Å²) in [5, 5.41) is 3.71. The van der Waals surface area contributed by atoms with Crippen molar-refractivity contribution in [2.45, 2.75) is 31.5 Å². The molecule has 1 aromatic heterocycles. The van der Waals surface area contributed by atoms with Gasteiger partial charge in [0.1, 0.15) is 0 Å². The summed E-state index contributed by atoms with van der Waals surface area (Å²) >= 11 is 0. The average Bonchev–Trinajstić information content (AvgIpc) is 2.58. The number of hydrogen-bond donors (Lipinski definition) is 1. The molecule has 23 heavy (non-hydrogen) atoms. The van der Waals surface area contributed by atoms with Gasteiger partial charge in [-0.2, -0.15) is 0 Å². The van der Waals surface area contributed by atoms with Gasteiger partial charge in [-0.05, 0) is 30.2 Å². The molecule has 0 spiro atoms. The van der Waals surface area contributed by atoms with Crippen molar-refractivity contribution in [2.75, 3.05) is 13.1 Å². The highest BCUT2D eigenvalue weighted by atomic mass is 15.3. The van der Waals surface area contributed by atoms with Crippen molar-refractivity contribution >= 4 is 6.08 Å². The summed E-state index contributed by atoms with van der Waals surface area (Å²) in [7, 11) is 0. The first-order valence-corrected chi connectivity index (χ1v) is 8.44. The minimum Gasteiger partial charge on any atom is -0.307 e. The summed E-state index contributed by atoms with van der Waals surface area (Å²) in [4.78, 5) is 6.98. The van der Waals surface area contributed by atoms with E-state index >= 15 is 0 Å². The molecule has 0 amide bonds. The van der Waals surface area contributed by atoms with Crippen molar-refractivity contribution in [2.24, 2.45) is 0 Å². The van der Waals surface area contributed by atoms with Gasteiger partial charge >= 0.3 is 0 Å². The van der Waals surface area contributed by atoms with Gasteiger partial charge in [-0.3, -0.25) is 9.88 Å². The number of aromatic nitrogens is 1. The van der Waals surface area contributed by atoms with E-state index in [1.165, 1.54) is 16.8 Å². The highest BCUT2D eigenvalue weighted by Gasteiger charge is 2.46. The van der Waals surface area contributed by atoms with Crippen LogP contribution in [0, 0.1) is 0 Å². The second-order valence-corrected chi connectivity index (χ2v) is 6.59. The van der Waals surface area contributed by atoms with E-state index in [1.807, 2.05) is 12.3 Å². The van der Waals surface area contributed by atoms with Crippen LogP contribution in [0.2, 0.25) is 0 Å². The van der Waals surface area contributed by atoms with Crippen molar-refractivity contribution in [3.63, 3.8) is 0 Å². The number of nitrogens with one attached hydrogen (secondary N) is 1. The molecule has 3 aliphatic heterocycles. The number of rotatable bonds is 4. The van der Waals surface area contributed by atoms with E-state index in [0.29, 0.717) is 18.0 Å². The van der Waals surface area contributed by atoms with Crippen LogP contribution in [0.3, 0.4) is 0 Å². The minimum atomic E-state index is 0.574. The monoisotopic (exact) mass is 305 g/mol. The van der Waals surface area contributed by atoms with Crippen molar-refractivity contribution in [3.05, 3.63) is 71.6 Å². The summed E-state index contributed by atoms with van der Waals surface area (Å²) in [6.45, 7) is 5.23. The highest BCUT2D eigenvalue weighted by molar-refractivity contribution is 5.50. The Labute approximate surface area is 138 Å². The molecule has 118 valence electrons. The van der Waals surface area contributed by atoms with Crippen LogP contribution in [0.25, 0.3) is 6.08 Å². The first-order valence-electron chi connectivity index (χ1n) is 8.44. The Balaban J connectivity index is 1.41. The number of piperidine rings is 1. The number of allylic oxidation sites excluding steroid dienone is 1. The zero-order chi connectivity index (χ0) is 15.6. The van der Waals surface area contributed by atoms with Crippen LogP contribution in [0.1, 0.15) is 29.7 Å². The summed E-state index contributed by atoms with van der Waals surface area (Å²) in [5.74, 6) is 0.662. The SMILES string of the molecule is CC=Cc1ccc(C2[C@@H]3CN(Cc4ccccn4)C[C@H]2N3)cc1. The molecular weight excluding hydrogens is 282 g/mol. The number of pyridine rings is 1. The fourth-order valence-electron chi connectivity index (χ4n) is 3.94. The fraction of sp³-hybridized carbons (Fsp3) is 0.350. The molecule has 4 heterocycles. The Kier molecular flexibility index (Phi) is 3.98. The molecule has 0 saturated carbocycles. The first-order chi connectivity index (χ1) is 11.3. The second kappa shape index (κ2) is 6.26. The van der Waals surface area contributed by atoms with Crippen LogP contribution in [0.15, 0.2) is 54.7 Å². The molecule has 3 heteroatoms. The lowest BCUT2D eigenvalue weighted by Gasteiger charge is -2.55. The predicted octanol–water partition coefficient (Wildman–Crippen LogP) is 3.05. The molecule has 3 aliphatic rings. The number of hydrogen-bond acceptors (Lipinski definition) is 3. The molecule has 3 nitrogen and oxygen atoms in total. The Morgan fingerprint density at radius 2 is 1.91 bits per heavy atom. The van der Waals surface area contributed by atoms with Crippen LogP contribution >= 0.6 is 0 Å². The van der Waals surface area contributed by atoms with Gasteiger partial charge in [0.15, 0.2) is 0 Å². The van der Waals surface area contributed by atoms with Crippen molar-refractivity contribution in [3.8, 4) is 0 Å². The predicted molar refractivity (Wildman–Crippen MR) is 94.1 cm³/mol. The van der Waals surface area contributed by atoms with Gasteiger partial charge in [0.05, 0.1) is 5.69 Å². The van der Waals surface area contributed by atoms with Gasteiger partial charge in [0.2, 0.25) is 0 Å². The number of piperazine rings is 1. The smallest absolute Gasteiger partial charge is 0.0543 e. The molecule has 3 fully saturated rings. The molecule has 5 rings (SSSR count). The minimum absolute atomic E-state index is 0.574. The van der Waals surface area contributed by atoms with Crippen LogP contribution in [0.4, 0.5) is 0 Å². The summed E-state index contributed by atoms with van der Waals surface area (Å²) in [5.41, 5.74) is 3.93. The topological polar surface area (TPSA) is 28.2 Å². The number of nitrogens with zero attached hydrogens (tertiary/aromatic N) is 2. The van der Waals surface area contributed by atoms with E-state index in [4.69, 9.17) is 0 Å². The molecule has 3 saturated heterocycles. The molecule has 1 unspecified atom stereocenters. The van der Waals surface area contributed by atoms with Crippen molar-refractivity contribution in [1.29, 1.82) is 0 Å². The largest absolute Gasteiger partial charge is 0.307 e. The van der Waals surface area contributed by atoms with E-state index < -0.39 is 0 Å². The number of benzene rings is 1. The Morgan fingerprint density at radius 3 is 2.57 bits per heavy atom. The third-order valence-electron chi connectivity index (χ3n) is 5.00. The molecule has 0 aliphatic carbocycles. The average molecular weight is 305 g/mol. The molecule has 2 aromatic rings. The highest BCUT2D eigenvalue weighted by Crippen LogP contribution is 2.37. The van der Waals surface area contributed by atoms with Crippen LogP contribution in [-0.4, -0.2) is 35.1 Å². The second-order valence-electron chi connectivity index (χ2n) is 6.59. The quantitative estimate of drug-likeness (QED) is 0.941. The number of fused-ring (bicyclic) bond motifs is 2. The van der Waals surface area contributed by atoms with E-state index in [0.717, 1.165) is 19.6 Å². The lowest BCUT2D eigenvalue weighted by atomic mass is 9.74. The maximum Gasteiger partial charge on any atom is 0.0543 e. The standard InChI is InChI=1S/C20H23N3/c1-2-5-15-7-9-16(10-8-15)20-18-13-23(14-19(20)22-18)12-17-6-3-4-11-21-17/h2-11,18-20,22H,12-14H2,1H3/t18-,19+,20?. The fourth-order valence-corrected chi connectivity index (χ4v) is 3.94. The zero-order valence-electron chi connectivity index (χ0n) is 13.5. The maximum atomic E-state index is 4.45. The first kappa shape index (κ1) is 14.6. The van der Waals surface area contributed by atoms with Gasteiger partial charge in [0, 0.05) is 43.8 Å². The lowest BCUT2D eigenvalue weighted by molar-refractivity contribution is 0.0463. The molecule has 0 radical (unpaired) electrons. The Hall–Kier alpha value is -1.97. The Morgan fingerprint density at radius 1 is 1.13 bits per heavy atom. The van der Waals surface area contributed by atoms with Crippen LogP contribution in [0.5, 0.6) is 0 Å². The third-order valence-corrected chi connectivity index (χ3v) is 5.00. The van der Waals surface area contributed by atoms with Crippen LogP contribution < -0.4 is 5.32 Å². The molecular formula is C20H23N3. The van der Waals surface area contributed by atoms with E-state index in [-0.39, 0.29) is 0 Å². The Bertz CT molecular complexity index is 666. The normalized spacial score (nSPS) is 27.1. The lowest BCUT2D eigenvalue weighted by Crippen LogP contribution is -2.71. The van der Waals surface area contributed by atoms with Gasteiger partial charge < -0.3 is 5.32 Å². The summed E-state index contributed by atoms with van der Waals surface area (Å²) in [6, 6.07) is 16.4. The van der Waals surface area contributed by atoms with Gasteiger partial charge in [-0.25, -0.2) is 0 Å². The maximum absolute atomic E-state index is 4.45. The van der Waals surface area contributed by atoms with E-state index in [1.54, 1.807) is 0 Å². The van der Waals surface area contributed by atoms with Gasteiger partial charge in [-0.1, -0.05) is 42.5 Å². The molecule has 1 N–H and O–H groups in total. The molecule has 1 aromatic carbocycles. The summed E-state index contributed by atoms with van der Waals surface area (Å²) < 4.78 is 0. The molecule has 3 atom stereocenters. The van der Waals surface area contributed by atoms with Gasteiger partial charge in [-0.15, -0.1) is 0 Å². The van der Waals surface area contributed by atoms with E-state index in [9.17, 15) is 0 Å².